The van der Waals surface area contributed by atoms with Gasteiger partial charge in [-0.1, -0.05) is 27.7 Å². The lowest BCUT2D eigenvalue weighted by Gasteiger charge is -2.40. The number of rotatable bonds is 4. The maximum absolute atomic E-state index is 10.2. The summed E-state index contributed by atoms with van der Waals surface area (Å²) in [4.78, 5) is 0. The summed E-state index contributed by atoms with van der Waals surface area (Å²) < 4.78 is 0. The molecular weight excluding hydrogens is 166 g/mol. The third-order valence-electron chi connectivity index (χ3n) is 2.78. The number of aliphatic hydroxyl groups is 2. The summed E-state index contributed by atoms with van der Waals surface area (Å²) in [5, 5.41) is 19.6. The fraction of sp³-hybridized carbons (Fsp3) is 1.00. The summed E-state index contributed by atoms with van der Waals surface area (Å²) in [6.45, 7) is 7.88. The first-order valence-corrected chi connectivity index (χ1v) is 4.87. The topological polar surface area (TPSA) is 66.5 Å². The van der Waals surface area contributed by atoms with E-state index in [4.69, 9.17) is 5.73 Å². The second-order valence-corrected chi connectivity index (χ2v) is 4.75. The lowest BCUT2D eigenvalue weighted by atomic mass is 9.73. The zero-order chi connectivity index (χ0) is 10.7. The monoisotopic (exact) mass is 189 g/mol. The minimum atomic E-state index is -0.970. The number of hydrogen-bond acceptors (Lipinski definition) is 3. The van der Waals surface area contributed by atoms with Crippen LogP contribution in [0, 0.1) is 5.41 Å². The lowest BCUT2D eigenvalue weighted by molar-refractivity contribution is -0.0817. The standard InChI is InChI=1S/C10H23NO2/c1-5-8(12)6-10(13,7-11)9(2,3)4/h8,12-13H,5-7,11H2,1-4H3. The van der Waals surface area contributed by atoms with Crippen molar-refractivity contribution in [2.45, 2.75) is 52.2 Å². The molecule has 0 aromatic heterocycles. The van der Waals surface area contributed by atoms with E-state index in [9.17, 15) is 10.2 Å². The first kappa shape index (κ1) is 12.9. The summed E-state index contributed by atoms with van der Waals surface area (Å²) in [7, 11) is 0. The SMILES string of the molecule is CCC(O)CC(O)(CN)C(C)(C)C. The molecule has 80 valence electrons. The van der Waals surface area contributed by atoms with Gasteiger partial charge in [0.25, 0.3) is 0 Å². The predicted octanol–water partition coefficient (Wildman–Crippen LogP) is 0.883. The molecule has 0 spiro atoms. The van der Waals surface area contributed by atoms with Crippen LogP contribution in [-0.2, 0) is 0 Å². The maximum Gasteiger partial charge on any atom is 0.0841 e. The summed E-state index contributed by atoms with van der Waals surface area (Å²) in [6.07, 6.45) is 0.537. The molecule has 0 aliphatic heterocycles. The van der Waals surface area contributed by atoms with Crippen LogP contribution in [0.2, 0.25) is 0 Å². The molecule has 3 heteroatoms. The minimum Gasteiger partial charge on any atom is -0.393 e. The van der Waals surface area contributed by atoms with E-state index in [1.165, 1.54) is 0 Å². The average Bonchev–Trinajstić information content (AvgIpc) is 2.02. The molecule has 0 heterocycles. The van der Waals surface area contributed by atoms with Crippen LogP contribution in [0.5, 0.6) is 0 Å². The Labute approximate surface area is 81.0 Å². The molecule has 0 radical (unpaired) electrons. The van der Waals surface area contributed by atoms with E-state index in [-0.39, 0.29) is 12.0 Å². The molecule has 0 aromatic carbocycles. The van der Waals surface area contributed by atoms with Gasteiger partial charge in [0.15, 0.2) is 0 Å². The van der Waals surface area contributed by atoms with Gasteiger partial charge in [0.05, 0.1) is 11.7 Å². The van der Waals surface area contributed by atoms with Crippen LogP contribution < -0.4 is 5.73 Å². The third kappa shape index (κ3) is 3.25. The Kier molecular flexibility index (Phi) is 4.36. The molecule has 0 saturated heterocycles. The van der Waals surface area contributed by atoms with Crippen LogP contribution in [0.3, 0.4) is 0 Å². The summed E-state index contributed by atoms with van der Waals surface area (Å²) in [5.41, 5.74) is 4.27. The maximum atomic E-state index is 10.2. The van der Waals surface area contributed by atoms with Gasteiger partial charge in [0.2, 0.25) is 0 Å². The van der Waals surface area contributed by atoms with Crippen molar-refractivity contribution < 1.29 is 10.2 Å². The van der Waals surface area contributed by atoms with Crippen molar-refractivity contribution in [1.29, 1.82) is 0 Å². The van der Waals surface area contributed by atoms with E-state index >= 15 is 0 Å². The first-order chi connectivity index (χ1) is 5.77. The summed E-state index contributed by atoms with van der Waals surface area (Å²) in [5.74, 6) is 0. The highest BCUT2D eigenvalue weighted by Crippen LogP contribution is 2.33. The van der Waals surface area contributed by atoms with E-state index < -0.39 is 11.7 Å². The molecule has 4 N–H and O–H groups in total. The Hall–Kier alpha value is -0.120. The average molecular weight is 189 g/mol. The lowest BCUT2D eigenvalue weighted by Crippen LogP contribution is -2.51. The van der Waals surface area contributed by atoms with E-state index in [1.807, 2.05) is 27.7 Å². The largest absolute Gasteiger partial charge is 0.393 e. The van der Waals surface area contributed by atoms with Crippen molar-refractivity contribution in [2.75, 3.05) is 6.54 Å². The van der Waals surface area contributed by atoms with Gasteiger partial charge in [-0.15, -0.1) is 0 Å². The quantitative estimate of drug-likeness (QED) is 0.615. The summed E-state index contributed by atoms with van der Waals surface area (Å²) >= 11 is 0. The molecule has 0 bridgehead atoms. The molecule has 3 nitrogen and oxygen atoms in total. The smallest absolute Gasteiger partial charge is 0.0841 e. The molecule has 0 amide bonds. The van der Waals surface area contributed by atoms with Crippen LogP contribution in [0.15, 0.2) is 0 Å². The van der Waals surface area contributed by atoms with Crippen LogP contribution in [-0.4, -0.2) is 28.5 Å². The Morgan fingerprint density at radius 1 is 1.31 bits per heavy atom. The Balaban J connectivity index is 4.46. The van der Waals surface area contributed by atoms with Gasteiger partial charge in [-0.2, -0.15) is 0 Å². The molecule has 0 fully saturated rings. The molecular formula is C10H23NO2. The van der Waals surface area contributed by atoms with Gasteiger partial charge in [0.1, 0.15) is 0 Å². The van der Waals surface area contributed by atoms with Gasteiger partial charge in [0, 0.05) is 13.0 Å². The van der Waals surface area contributed by atoms with Crippen LogP contribution in [0.1, 0.15) is 40.5 Å². The normalized spacial score (nSPS) is 19.6. The van der Waals surface area contributed by atoms with Crippen molar-refractivity contribution in [3.8, 4) is 0 Å². The predicted molar refractivity (Wildman–Crippen MR) is 54.4 cm³/mol. The molecule has 2 unspecified atom stereocenters. The third-order valence-corrected chi connectivity index (χ3v) is 2.78. The van der Waals surface area contributed by atoms with Crippen LogP contribution in [0.25, 0.3) is 0 Å². The fourth-order valence-corrected chi connectivity index (χ4v) is 1.23. The minimum absolute atomic E-state index is 0.188. The Morgan fingerprint density at radius 2 is 1.77 bits per heavy atom. The van der Waals surface area contributed by atoms with Crippen LogP contribution >= 0.6 is 0 Å². The molecule has 0 aliphatic rings. The van der Waals surface area contributed by atoms with Gasteiger partial charge >= 0.3 is 0 Å². The number of hydrogen-bond donors (Lipinski definition) is 3. The molecule has 2 atom stereocenters. The van der Waals surface area contributed by atoms with Gasteiger partial charge < -0.3 is 15.9 Å². The first-order valence-electron chi connectivity index (χ1n) is 4.87. The van der Waals surface area contributed by atoms with Crippen molar-refractivity contribution in [1.82, 2.24) is 0 Å². The zero-order valence-electron chi connectivity index (χ0n) is 9.17. The van der Waals surface area contributed by atoms with Gasteiger partial charge in [-0.05, 0) is 11.8 Å². The zero-order valence-corrected chi connectivity index (χ0v) is 9.17. The van der Waals surface area contributed by atoms with Crippen LogP contribution in [0.4, 0.5) is 0 Å². The van der Waals surface area contributed by atoms with E-state index in [1.54, 1.807) is 0 Å². The Bertz CT molecular complexity index is 153. The van der Waals surface area contributed by atoms with E-state index in [0.29, 0.717) is 12.8 Å². The van der Waals surface area contributed by atoms with Gasteiger partial charge in [-0.3, -0.25) is 0 Å². The van der Waals surface area contributed by atoms with E-state index in [2.05, 4.69) is 0 Å². The molecule has 0 aliphatic carbocycles. The molecule has 0 saturated carbocycles. The number of nitrogens with two attached hydrogens (primary N) is 1. The fourth-order valence-electron chi connectivity index (χ4n) is 1.23. The Morgan fingerprint density at radius 3 is 2.00 bits per heavy atom. The van der Waals surface area contributed by atoms with Crippen molar-refractivity contribution in [3.63, 3.8) is 0 Å². The molecule has 13 heavy (non-hydrogen) atoms. The highest BCUT2D eigenvalue weighted by molar-refractivity contribution is 4.92. The van der Waals surface area contributed by atoms with Gasteiger partial charge in [-0.25, -0.2) is 0 Å². The van der Waals surface area contributed by atoms with E-state index in [0.717, 1.165) is 0 Å². The van der Waals surface area contributed by atoms with Crippen molar-refractivity contribution in [2.24, 2.45) is 11.1 Å². The number of aliphatic hydroxyl groups excluding tert-OH is 1. The molecule has 0 aromatic rings. The van der Waals surface area contributed by atoms with Crippen molar-refractivity contribution >= 4 is 0 Å². The molecule has 0 rings (SSSR count). The highest BCUT2D eigenvalue weighted by atomic mass is 16.3. The highest BCUT2D eigenvalue weighted by Gasteiger charge is 2.39. The second kappa shape index (κ2) is 4.40. The second-order valence-electron chi connectivity index (χ2n) is 4.75. The van der Waals surface area contributed by atoms with Crippen molar-refractivity contribution in [3.05, 3.63) is 0 Å². The summed E-state index contributed by atoms with van der Waals surface area (Å²) in [6, 6.07) is 0.